The lowest BCUT2D eigenvalue weighted by Gasteiger charge is -2.07. The van der Waals surface area contributed by atoms with E-state index in [0.717, 1.165) is 10.0 Å². The van der Waals surface area contributed by atoms with Crippen molar-refractivity contribution in [2.75, 3.05) is 0 Å². The predicted octanol–water partition coefficient (Wildman–Crippen LogP) is 3.65. The summed E-state index contributed by atoms with van der Waals surface area (Å²) in [4.78, 5) is 4.10. The Labute approximate surface area is 102 Å². The van der Waals surface area contributed by atoms with Gasteiger partial charge in [0, 0.05) is 16.7 Å². The number of nitrogens with zero attached hydrogens (tertiary/aromatic N) is 1. The Hall–Kier alpha value is -1.55. The first-order chi connectivity index (χ1) is 7.66. The molecule has 0 saturated carbocycles. The number of ether oxygens (including phenoxy) is 1. The first-order valence-electron chi connectivity index (χ1n) is 4.75. The Kier molecular flexibility index (Phi) is 3.10. The topological polar surface area (TPSA) is 42.4 Å². The molecule has 16 heavy (non-hydrogen) atoms. The van der Waals surface area contributed by atoms with Crippen molar-refractivity contribution < 1.29 is 9.84 Å². The molecule has 0 aliphatic carbocycles. The molecule has 0 aliphatic heterocycles. The van der Waals surface area contributed by atoms with E-state index in [0.29, 0.717) is 11.6 Å². The first-order valence-corrected chi connectivity index (χ1v) is 5.54. The zero-order valence-corrected chi connectivity index (χ0v) is 10.2. The first kappa shape index (κ1) is 11.0. The normalized spacial score (nSPS) is 10.1. The predicted molar refractivity (Wildman–Crippen MR) is 64.9 cm³/mol. The fraction of sp³-hybridized carbons (Fsp3) is 0.0833. The van der Waals surface area contributed by atoms with Crippen LogP contribution in [-0.4, -0.2) is 10.1 Å². The van der Waals surface area contributed by atoms with Crippen LogP contribution >= 0.6 is 15.9 Å². The van der Waals surface area contributed by atoms with Crippen LogP contribution in [0.2, 0.25) is 0 Å². The quantitative estimate of drug-likeness (QED) is 0.913. The maximum absolute atomic E-state index is 9.53. The molecule has 2 rings (SSSR count). The Morgan fingerprint density at radius 1 is 1.31 bits per heavy atom. The lowest BCUT2D eigenvalue weighted by atomic mass is 10.3. The number of halogens is 1. The Bertz CT molecular complexity index is 514. The largest absolute Gasteiger partial charge is 0.504 e. The van der Waals surface area contributed by atoms with E-state index in [-0.39, 0.29) is 5.75 Å². The van der Waals surface area contributed by atoms with Gasteiger partial charge in [-0.25, -0.2) is 4.98 Å². The van der Waals surface area contributed by atoms with Crippen molar-refractivity contribution in [2.45, 2.75) is 6.92 Å². The standard InChI is InChI=1S/C12H10BrNO2/c1-8-6-12(14-7-9(8)13)16-11-5-3-2-4-10(11)15/h2-7,15H,1H3. The number of aromatic hydroxyl groups is 1. The number of para-hydroxylation sites is 2. The summed E-state index contributed by atoms with van der Waals surface area (Å²) in [5.41, 5.74) is 1.03. The molecule has 1 aromatic carbocycles. The van der Waals surface area contributed by atoms with Crippen LogP contribution in [0.15, 0.2) is 41.0 Å². The molecule has 2 aromatic rings. The number of aromatic nitrogens is 1. The Balaban J connectivity index is 2.28. The van der Waals surface area contributed by atoms with Gasteiger partial charge >= 0.3 is 0 Å². The van der Waals surface area contributed by atoms with Gasteiger partial charge in [0.25, 0.3) is 0 Å². The van der Waals surface area contributed by atoms with Crippen molar-refractivity contribution in [3.05, 3.63) is 46.6 Å². The van der Waals surface area contributed by atoms with Gasteiger partial charge < -0.3 is 9.84 Å². The number of hydrogen-bond donors (Lipinski definition) is 1. The van der Waals surface area contributed by atoms with Gasteiger partial charge in [-0.05, 0) is 40.5 Å². The molecule has 0 radical (unpaired) electrons. The molecule has 3 nitrogen and oxygen atoms in total. The third kappa shape index (κ3) is 2.33. The van der Waals surface area contributed by atoms with Crippen LogP contribution in [0, 0.1) is 6.92 Å². The minimum absolute atomic E-state index is 0.102. The molecule has 0 fully saturated rings. The SMILES string of the molecule is Cc1cc(Oc2ccccc2O)ncc1Br. The summed E-state index contributed by atoms with van der Waals surface area (Å²) in [5.74, 6) is 0.962. The highest BCUT2D eigenvalue weighted by Crippen LogP contribution is 2.30. The molecule has 0 saturated heterocycles. The molecule has 0 unspecified atom stereocenters. The van der Waals surface area contributed by atoms with Gasteiger partial charge in [0.1, 0.15) is 0 Å². The summed E-state index contributed by atoms with van der Waals surface area (Å²) in [6.07, 6.45) is 1.67. The second kappa shape index (κ2) is 4.53. The van der Waals surface area contributed by atoms with Crippen molar-refractivity contribution in [2.24, 2.45) is 0 Å². The maximum Gasteiger partial charge on any atom is 0.219 e. The van der Waals surface area contributed by atoms with Crippen LogP contribution in [0.5, 0.6) is 17.4 Å². The zero-order chi connectivity index (χ0) is 11.5. The zero-order valence-electron chi connectivity index (χ0n) is 8.64. The average molecular weight is 280 g/mol. The van der Waals surface area contributed by atoms with Gasteiger partial charge in [-0.3, -0.25) is 0 Å². The van der Waals surface area contributed by atoms with E-state index in [2.05, 4.69) is 20.9 Å². The highest BCUT2D eigenvalue weighted by molar-refractivity contribution is 9.10. The molecule has 1 heterocycles. The van der Waals surface area contributed by atoms with Crippen molar-refractivity contribution >= 4 is 15.9 Å². The molecular formula is C12H10BrNO2. The minimum Gasteiger partial charge on any atom is -0.504 e. The summed E-state index contributed by atoms with van der Waals surface area (Å²) < 4.78 is 6.39. The highest BCUT2D eigenvalue weighted by atomic mass is 79.9. The molecule has 1 aromatic heterocycles. The van der Waals surface area contributed by atoms with Crippen molar-refractivity contribution in [3.8, 4) is 17.4 Å². The number of phenolic OH excluding ortho intramolecular Hbond substituents is 1. The number of phenols is 1. The van der Waals surface area contributed by atoms with Gasteiger partial charge in [0.15, 0.2) is 11.5 Å². The molecule has 0 aliphatic rings. The van der Waals surface area contributed by atoms with E-state index in [4.69, 9.17) is 4.74 Å². The lowest BCUT2D eigenvalue weighted by Crippen LogP contribution is -1.89. The third-order valence-corrected chi connectivity index (χ3v) is 2.93. The molecule has 1 N–H and O–H groups in total. The van der Waals surface area contributed by atoms with Gasteiger partial charge in [-0.2, -0.15) is 0 Å². The van der Waals surface area contributed by atoms with Crippen LogP contribution in [-0.2, 0) is 0 Å². The molecule has 0 atom stereocenters. The van der Waals surface area contributed by atoms with Crippen LogP contribution in [0.3, 0.4) is 0 Å². The van der Waals surface area contributed by atoms with Crippen LogP contribution < -0.4 is 4.74 Å². The van der Waals surface area contributed by atoms with E-state index < -0.39 is 0 Å². The van der Waals surface area contributed by atoms with Gasteiger partial charge in [-0.15, -0.1) is 0 Å². The molecule has 0 spiro atoms. The highest BCUT2D eigenvalue weighted by Gasteiger charge is 2.04. The van der Waals surface area contributed by atoms with Crippen molar-refractivity contribution in [3.63, 3.8) is 0 Å². The smallest absolute Gasteiger partial charge is 0.219 e. The third-order valence-electron chi connectivity index (χ3n) is 2.10. The van der Waals surface area contributed by atoms with Gasteiger partial charge in [0.2, 0.25) is 5.88 Å². The lowest BCUT2D eigenvalue weighted by molar-refractivity contribution is 0.402. The number of aryl methyl sites for hydroxylation is 1. The second-order valence-corrected chi connectivity index (χ2v) is 4.20. The van der Waals surface area contributed by atoms with E-state index >= 15 is 0 Å². The van der Waals surface area contributed by atoms with Crippen molar-refractivity contribution in [1.82, 2.24) is 4.98 Å². The van der Waals surface area contributed by atoms with E-state index in [1.165, 1.54) is 0 Å². The number of rotatable bonds is 2. The monoisotopic (exact) mass is 279 g/mol. The summed E-state index contributed by atoms with van der Waals surface area (Å²) in [7, 11) is 0. The van der Waals surface area contributed by atoms with Crippen LogP contribution in [0.4, 0.5) is 0 Å². The molecule has 82 valence electrons. The van der Waals surface area contributed by atoms with Crippen LogP contribution in [0.25, 0.3) is 0 Å². The summed E-state index contributed by atoms with van der Waals surface area (Å²) in [6, 6.07) is 8.59. The molecule has 0 amide bonds. The Morgan fingerprint density at radius 2 is 2.06 bits per heavy atom. The van der Waals surface area contributed by atoms with Crippen LogP contribution in [0.1, 0.15) is 5.56 Å². The van der Waals surface area contributed by atoms with E-state index in [1.807, 2.05) is 6.92 Å². The second-order valence-electron chi connectivity index (χ2n) is 3.34. The summed E-state index contributed by atoms with van der Waals surface area (Å²) in [6.45, 7) is 1.95. The van der Waals surface area contributed by atoms with Gasteiger partial charge in [-0.1, -0.05) is 12.1 Å². The van der Waals surface area contributed by atoms with E-state index in [1.54, 1.807) is 36.5 Å². The number of benzene rings is 1. The molecule has 0 bridgehead atoms. The number of hydrogen-bond acceptors (Lipinski definition) is 3. The van der Waals surface area contributed by atoms with Gasteiger partial charge in [0.05, 0.1) is 0 Å². The summed E-state index contributed by atoms with van der Waals surface area (Å²) in [5, 5.41) is 9.53. The van der Waals surface area contributed by atoms with E-state index in [9.17, 15) is 5.11 Å². The summed E-state index contributed by atoms with van der Waals surface area (Å²) >= 11 is 3.36. The maximum atomic E-state index is 9.53. The van der Waals surface area contributed by atoms with Crippen molar-refractivity contribution in [1.29, 1.82) is 0 Å². The molecule has 4 heteroatoms. The Morgan fingerprint density at radius 3 is 2.75 bits per heavy atom. The number of pyridine rings is 1. The molecular weight excluding hydrogens is 270 g/mol. The fourth-order valence-corrected chi connectivity index (χ4v) is 1.44. The fourth-order valence-electron chi connectivity index (χ4n) is 1.23. The minimum atomic E-state index is 0.102. The average Bonchev–Trinajstić information content (AvgIpc) is 2.27.